The summed E-state index contributed by atoms with van der Waals surface area (Å²) in [4.78, 5) is 26.5. The standard InChI is InChI=1S/C103H75N5/c1-62-28-53-89-86(54-62)80-25-15-17-27-88(80)103(89)93-59-76(46-51-84(93)85-52-47-77(60-94(85)103)96-61-95(68-36-29-65(30-37-68)63-18-8-6-9-19-63)104-100(105-96)78-42-35-64-20-12-13-23-72(64)55-78)75-45-50-83-82-49-44-74(57-91(82)102(4,5)92(83)58-75)67-33-40-71(41-34-67)99-107-97(69-21-10-7-11-22-69)106-98(108-99)70-38-31-66(32-39-70)73-43-48-81-79-24-14-16-26-87(79)101(2,3)90(81)56-73/h6-31,33-53,55-62,66H,32,54H2,1-5H3. The van der Waals surface area contributed by atoms with Gasteiger partial charge in [-0.2, -0.15) is 0 Å². The Balaban J connectivity index is 0.604. The number of aromatic nitrogens is 5. The largest absolute Gasteiger partial charge is 0.228 e. The van der Waals surface area contributed by atoms with Crippen molar-refractivity contribution in [2.75, 3.05) is 0 Å². The summed E-state index contributed by atoms with van der Waals surface area (Å²) in [7, 11) is 0. The quantitative estimate of drug-likeness (QED) is 0.137. The molecule has 0 saturated heterocycles. The van der Waals surface area contributed by atoms with Crippen LogP contribution < -0.4 is 0 Å². The first-order chi connectivity index (χ1) is 52.9. The highest BCUT2D eigenvalue weighted by molar-refractivity contribution is 5.99. The maximum atomic E-state index is 5.54. The monoisotopic (exact) mass is 1380 g/mol. The molecule has 0 fully saturated rings. The van der Waals surface area contributed by atoms with Crippen LogP contribution in [0.3, 0.4) is 0 Å². The molecule has 0 amide bonds. The van der Waals surface area contributed by atoms with Gasteiger partial charge in [-0.05, 0) is 194 Å². The minimum atomic E-state index is -0.574. The molecule has 0 bridgehead atoms. The van der Waals surface area contributed by atoms with Crippen molar-refractivity contribution < 1.29 is 0 Å². The van der Waals surface area contributed by atoms with Crippen LogP contribution in [0, 0.1) is 5.92 Å². The third kappa shape index (κ3) is 10.0. The first-order valence-corrected chi connectivity index (χ1v) is 38.1. The number of nitrogens with zero attached hydrogens (tertiary/aromatic N) is 5. The van der Waals surface area contributed by atoms with Gasteiger partial charge >= 0.3 is 0 Å². The molecule has 6 aliphatic rings. The van der Waals surface area contributed by atoms with E-state index in [1.54, 1.807) is 0 Å². The van der Waals surface area contributed by atoms with E-state index >= 15 is 0 Å². The summed E-state index contributed by atoms with van der Waals surface area (Å²) in [5, 5.41) is 2.34. The van der Waals surface area contributed by atoms with Gasteiger partial charge in [-0.1, -0.05) is 326 Å². The average Bonchev–Trinajstić information content (AvgIpc) is 1.50. The van der Waals surface area contributed by atoms with E-state index in [0.29, 0.717) is 29.2 Å². The lowest BCUT2D eigenvalue weighted by molar-refractivity contribution is 0.658. The third-order valence-electron chi connectivity index (χ3n) is 24.5. The summed E-state index contributed by atoms with van der Waals surface area (Å²) >= 11 is 0. The maximum absolute atomic E-state index is 5.54. The SMILES string of the molecule is CC1C=CC2=C(C1)c1ccccc1C21c2cc(-c3ccc4c(c3)C(C)(C)c3cc(-c5ccc(-c6nc(C7=CCC(c8ccc9c(c8)C(C)(C)c8ccccc8-9)C=C7)nc(-c7ccccc7)n6)cc5)ccc3-4)ccc2-c2ccc(-c3cc(-c4ccc(-c5ccccc5)cc4)nc(-c4ccc5ccccc5c4)n3)cc21. The van der Waals surface area contributed by atoms with Gasteiger partial charge in [0.25, 0.3) is 0 Å². The molecule has 15 aromatic rings. The predicted molar refractivity (Wildman–Crippen MR) is 444 cm³/mol. The summed E-state index contributed by atoms with van der Waals surface area (Å²) in [6, 6.07) is 110. The molecular weight excluding hydrogens is 1310 g/mol. The van der Waals surface area contributed by atoms with Crippen LogP contribution in [0.1, 0.15) is 109 Å². The summed E-state index contributed by atoms with van der Waals surface area (Å²) in [5.74, 6) is 3.35. The van der Waals surface area contributed by atoms with E-state index < -0.39 is 5.41 Å². The predicted octanol–water partition coefficient (Wildman–Crippen LogP) is 25.6. The zero-order valence-corrected chi connectivity index (χ0v) is 61.0. The van der Waals surface area contributed by atoms with Crippen molar-refractivity contribution in [3.05, 3.63) is 389 Å². The van der Waals surface area contributed by atoms with Crippen molar-refractivity contribution in [3.63, 3.8) is 0 Å². The van der Waals surface area contributed by atoms with Crippen molar-refractivity contribution in [2.45, 2.75) is 69.6 Å². The fourth-order valence-electron chi connectivity index (χ4n) is 18.8. The molecule has 5 heteroatoms. The third-order valence-corrected chi connectivity index (χ3v) is 24.5. The summed E-state index contributed by atoms with van der Waals surface area (Å²) in [5.41, 5.74) is 36.7. The van der Waals surface area contributed by atoms with Gasteiger partial charge in [-0.15, -0.1) is 0 Å². The highest BCUT2D eigenvalue weighted by atomic mass is 15.0. The van der Waals surface area contributed by atoms with Gasteiger partial charge in [0.2, 0.25) is 0 Å². The van der Waals surface area contributed by atoms with Crippen LogP contribution in [0.15, 0.2) is 333 Å². The average molecular weight is 1380 g/mol. The second-order valence-electron chi connectivity index (χ2n) is 31.4. The second kappa shape index (κ2) is 24.4. The lowest BCUT2D eigenvalue weighted by Gasteiger charge is -2.33. The van der Waals surface area contributed by atoms with Gasteiger partial charge in [0.15, 0.2) is 23.3 Å². The Bertz CT molecular complexity index is 6430. The minimum Gasteiger partial charge on any atom is -0.228 e. The van der Waals surface area contributed by atoms with Gasteiger partial charge in [0.05, 0.1) is 16.8 Å². The smallest absolute Gasteiger partial charge is 0.164 e. The molecule has 2 heterocycles. The lowest BCUT2D eigenvalue weighted by Crippen LogP contribution is -2.27. The molecule has 1 spiro atoms. The molecular formula is C103H75N5. The molecule has 0 aliphatic heterocycles. The molecule has 21 rings (SSSR count). The van der Waals surface area contributed by atoms with Crippen LogP contribution in [0.25, 0.3) is 145 Å². The van der Waals surface area contributed by atoms with E-state index in [4.69, 9.17) is 24.9 Å². The molecule has 0 N–H and O–H groups in total. The van der Waals surface area contributed by atoms with Crippen molar-refractivity contribution in [3.8, 4) is 123 Å². The Labute approximate surface area is 630 Å². The van der Waals surface area contributed by atoms with Crippen LogP contribution in [-0.4, -0.2) is 24.9 Å². The first-order valence-electron chi connectivity index (χ1n) is 38.1. The van der Waals surface area contributed by atoms with E-state index in [0.717, 1.165) is 68.6 Å². The van der Waals surface area contributed by atoms with Crippen LogP contribution in [-0.2, 0) is 16.2 Å². The second-order valence-corrected chi connectivity index (χ2v) is 31.4. The zero-order chi connectivity index (χ0) is 72.2. The molecule has 6 aliphatic carbocycles. The van der Waals surface area contributed by atoms with E-state index in [9.17, 15) is 0 Å². The number of rotatable bonds is 10. The Morgan fingerprint density at radius 2 is 0.741 bits per heavy atom. The van der Waals surface area contributed by atoms with Gasteiger partial charge in [0.1, 0.15) is 0 Å². The molecule has 512 valence electrons. The highest BCUT2D eigenvalue weighted by Crippen LogP contribution is 2.65. The van der Waals surface area contributed by atoms with Gasteiger partial charge in [-0.25, -0.2) is 24.9 Å². The fraction of sp³-hybridized carbons (Fsp3) is 0.117. The van der Waals surface area contributed by atoms with E-state index in [-0.39, 0.29) is 16.7 Å². The molecule has 0 saturated carbocycles. The van der Waals surface area contributed by atoms with Crippen LogP contribution >= 0.6 is 0 Å². The lowest BCUT2D eigenvalue weighted by atomic mass is 9.68. The molecule has 108 heavy (non-hydrogen) atoms. The maximum Gasteiger partial charge on any atom is 0.164 e. The minimum absolute atomic E-state index is 0.0497. The van der Waals surface area contributed by atoms with Gasteiger partial charge < -0.3 is 0 Å². The van der Waals surface area contributed by atoms with E-state index in [2.05, 4.69) is 344 Å². The molecule has 3 unspecified atom stereocenters. The molecule has 0 radical (unpaired) electrons. The number of hydrogen-bond donors (Lipinski definition) is 0. The van der Waals surface area contributed by atoms with Gasteiger partial charge in [-0.3, -0.25) is 0 Å². The van der Waals surface area contributed by atoms with Crippen LogP contribution in [0.4, 0.5) is 0 Å². The number of allylic oxidation sites excluding steroid dienone is 8. The topological polar surface area (TPSA) is 64.5 Å². The summed E-state index contributed by atoms with van der Waals surface area (Å²) < 4.78 is 0. The number of hydrogen-bond acceptors (Lipinski definition) is 5. The molecule has 3 atom stereocenters. The number of benzene rings is 13. The van der Waals surface area contributed by atoms with Crippen molar-refractivity contribution in [1.82, 2.24) is 24.9 Å². The van der Waals surface area contributed by atoms with Gasteiger partial charge in [0, 0.05) is 50.1 Å². The Hall–Kier alpha value is -12.8. The highest BCUT2D eigenvalue weighted by Gasteiger charge is 2.53. The van der Waals surface area contributed by atoms with E-state index in [1.807, 2.05) is 18.2 Å². The fourth-order valence-corrected chi connectivity index (χ4v) is 18.8. The molecule has 5 nitrogen and oxygen atoms in total. The van der Waals surface area contributed by atoms with Crippen LogP contribution in [0.5, 0.6) is 0 Å². The normalized spacial score (nSPS) is 17.5. The Morgan fingerprint density at radius 1 is 0.296 bits per heavy atom. The summed E-state index contributed by atoms with van der Waals surface area (Å²) in [6.45, 7) is 11.9. The molecule has 13 aromatic carbocycles. The zero-order valence-electron chi connectivity index (χ0n) is 61.0. The van der Waals surface area contributed by atoms with Crippen molar-refractivity contribution >= 4 is 21.9 Å². The molecule has 2 aromatic heterocycles. The Morgan fingerprint density at radius 3 is 1.41 bits per heavy atom. The first kappa shape index (κ1) is 63.6. The van der Waals surface area contributed by atoms with Crippen LogP contribution in [0.2, 0.25) is 0 Å². The summed E-state index contributed by atoms with van der Waals surface area (Å²) in [6.07, 6.45) is 13.6. The van der Waals surface area contributed by atoms with E-state index in [1.165, 1.54) is 128 Å². The Kier molecular flexibility index (Phi) is 14.4. The number of fused-ring (bicyclic) bond motifs is 16. The van der Waals surface area contributed by atoms with Crippen molar-refractivity contribution in [2.24, 2.45) is 5.92 Å². The van der Waals surface area contributed by atoms with Crippen molar-refractivity contribution in [1.29, 1.82) is 0 Å².